The van der Waals surface area contributed by atoms with E-state index >= 15 is 0 Å². The summed E-state index contributed by atoms with van der Waals surface area (Å²) in [5, 5.41) is 19.9. The lowest BCUT2D eigenvalue weighted by Gasteiger charge is -2.19. The average molecular weight is 273 g/mol. The van der Waals surface area contributed by atoms with Gasteiger partial charge in [0.2, 0.25) is 0 Å². The van der Waals surface area contributed by atoms with Crippen LogP contribution in [-0.2, 0) is 11.3 Å². The van der Waals surface area contributed by atoms with Gasteiger partial charge in [-0.2, -0.15) is 0 Å². The van der Waals surface area contributed by atoms with Crippen LogP contribution in [0.1, 0.15) is 32.3 Å². The van der Waals surface area contributed by atoms with Gasteiger partial charge in [0.05, 0.1) is 24.9 Å². The highest BCUT2D eigenvalue weighted by Crippen LogP contribution is 2.16. The van der Waals surface area contributed by atoms with Crippen LogP contribution in [0.5, 0.6) is 0 Å². The zero-order valence-corrected chi connectivity index (χ0v) is 11.7. The van der Waals surface area contributed by atoms with Crippen molar-refractivity contribution in [2.75, 3.05) is 6.61 Å². The standard InChI is InChI=1S/C14H21ClO3/c1-14(2,17)8-7-12(16)10-18-9-11-5-3-4-6-13(11)15/h3-6,12,16-17H,7-10H2,1-2H3. The third kappa shape index (κ3) is 6.36. The van der Waals surface area contributed by atoms with Crippen LogP contribution in [0.15, 0.2) is 24.3 Å². The van der Waals surface area contributed by atoms with Gasteiger partial charge in [0.15, 0.2) is 0 Å². The summed E-state index contributed by atoms with van der Waals surface area (Å²) in [5.74, 6) is 0. The van der Waals surface area contributed by atoms with Crippen LogP contribution in [0.25, 0.3) is 0 Å². The van der Waals surface area contributed by atoms with Crippen LogP contribution in [-0.4, -0.2) is 28.5 Å². The number of aliphatic hydroxyl groups excluding tert-OH is 1. The van der Waals surface area contributed by atoms with Crippen molar-refractivity contribution in [1.29, 1.82) is 0 Å². The van der Waals surface area contributed by atoms with Gasteiger partial charge in [-0.15, -0.1) is 0 Å². The summed E-state index contributed by atoms with van der Waals surface area (Å²) in [6.07, 6.45) is 0.509. The van der Waals surface area contributed by atoms with Crippen LogP contribution < -0.4 is 0 Å². The van der Waals surface area contributed by atoms with E-state index in [1.54, 1.807) is 13.8 Å². The molecule has 0 amide bonds. The largest absolute Gasteiger partial charge is 0.391 e. The molecule has 1 aromatic rings. The number of halogens is 1. The summed E-state index contributed by atoms with van der Waals surface area (Å²) >= 11 is 5.99. The number of ether oxygens (including phenoxy) is 1. The molecule has 0 aliphatic heterocycles. The molecular formula is C14H21ClO3. The molecule has 0 saturated heterocycles. The fourth-order valence-corrected chi connectivity index (χ4v) is 1.71. The predicted molar refractivity (Wildman–Crippen MR) is 72.6 cm³/mol. The van der Waals surface area contributed by atoms with Gasteiger partial charge in [-0.3, -0.25) is 0 Å². The molecule has 0 aliphatic rings. The number of rotatable bonds is 7. The molecule has 1 rings (SSSR count). The van der Waals surface area contributed by atoms with E-state index in [0.29, 0.717) is 24.5 Å². The third-order valence-corrected chi connectivity index (χ3v) is 2.98. The molecule has 4 heteroatoms. The third-order valence-electron chi connectivity index (χ3n) is 2.62. The normalized spacial score (nSPS) is 13.6. The Balaban J connectivity index is 2.24. The minimum Gasteiger partial charge on any atom is -0.391 e. The zero-order chi connectivity index (χ0) is 13.6. The summed E-state index contributed by atoms with van der Waals surface area (Å²) in [6.45, 7) is 4.09. The first-order chi connectivity index (χ1) is 8.38. The Morgan fingerprint density at radius 1 is 1.33 bits per heavy atom. The summed E-state index contributed by atoms with van der Waals surface area (Å²) < 4.78 is 5.41. The Hall–Kier alpha value is -0.610. The molecule has 1 unspecified atom stereocenters. The molecule has 0 saturated carbocycles. The number of benzene rings is 1. The van der Waals surface area contributed by atoms with Gasteiger partial charge >= 0.3 is 0 Å². The van der Waals surface area contributed by atoms with E-state index in [0.717, 1.165) is 5.56 Å². The van der Waals surface area contributed by atoms with Crippen molar-refractivity contribution in [3.8, 4) is 0 Å². The lowest BCUT2D eigenvalue weighted by Crippen LogP contribution is -2.23. The van der Waals surface area contributed by atoms with Gasteiger partial charge in [-0.1, -0.05) is 29.8 Å². The lowest BCUT2D eigenvalue weighted by atomic mass is 10.0. The Labute approximate surface area is 113 Å². The average Bonchev–Trinajstić information content (AvgIpc) is 2.28. The minimum absolute atomic E-state index is 0.251. The lowest BCUT2D eigenvalue weighted by molar-refractivity contribution is 0.00341. The molecule has 0 aliphatic carbocycles. The Morgan fingerprint density at radius 3 is 2.61 bits per heavy atom. The minimum atomic E-state index is -0.746. The maximum Gasteiger partial charge on any atom is 0.0774 e. The number of hydrogen-bond acceptors (Lipinski definition) is 3. The monoisotopic (exact) mass is 272 g/mol. The molecule has 0 heterocycles. The van der Waals surface area contributed by atoms with E-state index < -0.39 is 11.7 Å². The van der Waals surface area contributed by atoms with Gasteiger partial charge in [-0.25, -0.2) is 0 Å². The van der Waals surface area contributed by atoms with Crippen LogP contribution in [0.2, 0.25) is 5.02 Å². The first-order valence-electron chi connectivity index (χ1n) is 6.10. The molecule has 102 valence electrons. The Bertz CT molecular complexity index is 360. The van der Waals surface area contributed by atoms with Crippen molar-refractivity contribution in [2.24, 2.45) is 0 Å². The molecule has 1 atom stereocenters. The Kier molecular flexibility index (Phi) is 6.09. The van der Waals surface area contributed by atoms with E-state index in [1.807, 2.05) is 24.3 Å². The van der Waals surface area contributed by atoms with Crippen LogP contribution >= 0.6 is 11.6 Å². The molecule has 2 N–H and O–H groups in total. The first kappa shape index (κ1) is 15.4. The fourth-order valence-electron chi connectivity index (χ4n) is 1.52. The molecule has 18 heavy (non-hydrogen) atoms. The smallest absolute Gasteiger partial charge is 0.0774 e. The maximum atomic E-state index is 9.69. The van der Waals surface area contributed by atoms with Crippen LogP contribution in [0.4, 0.5) is 0 Å². The second-order valence-electron chi connectivity index (χ2n) is 5.11. The Morgan fingerprint density at radius 2 is 2.00 bits per heavy atom. The second-order valence-corrected chi connectivity index (χ2v) is 5.52. The van der Waals surface area contributed by atoms with Crippen molar-refractivity contribution < 1.29 is 14.9 Å². The molecule has 1 aromatic carbocycles. The van der Waals surface area contributed by atoms with Gasteiger partial charge in [0.1, 0.15) is 0 Å². The first-order valence-corrected chi connectivity index (χ1v) is 6.48. The number of hydrogen-bond donors (Lipinski definition) is 2. The second kappa shape index (κ2) is 7.10. The molecule has 0 spiro atoms. The van der Waals surface area contributed by atoms with Gasteiger partial charge < -0.3 is 14.9 Å². The van der Waals surface area contributed by atoms with Gasteiger partial charge in [-0.05, 0) is 38.3 Å². The van der Waals surface area contributed by atoms with Gasteiger partial charge in [0.25, 0.3) is 0 Å². The molecular weight excluding hydrogens is 252 g/mol. The van der Waals surface area contributed by atoms with Crippen molar-refractivity contribution >= 4 is 11.6 Å². The van der Waals surface area contributed by atoms with E-state index in [1.165, 1.54) is 0 Å². The maximum absolute atomic E-state index is 9.69. The van der Waals surface area contributed by atoms with Crippen LogP contribution in [0, 0.1) is 0 Å². The van der Waals surface area contributed by atoms with Gasteiger partial charge in [0, 0.05) is 5.02 Å². The summed E-state index contributed by atoms with van der Waals surface area (Å²) in [6, 6.07) is 7.47. The van der Waals surface area contributed by atoms with Crippen molar-refractivity contribution in [3.63, 3.8) is 0 Å². The summed E-state index contributed by atoms with van der Waals surface area (Å²) in [4.78, 5) is 0. The molecule has 3 nitrogen and oxygen atoms in total. The zero-order valence-electron chi connectivity index (χ0n) is 10.9. The highest BCUT2D eigenvalue weighted by molar-refractivity contribution is 6.31. The molecule has 0 fully saturated rings. The van der Waals surface area contributed by atoms with E-state index in [9.17, 15) is 10.2 Å². The highest BCUT2D eigenvalue weighted by Gasteiger charge is 2.15. The fraction of sp³-hybridized carbons (Fsp3) is 0.571. The van der Waals surface area contributed by atoms with Crippen molar-refractivity contribution in [3.05, 3.63) is 34.9 Å². The van der Waals surface area contributed by atoms with Crippen molar-refractivity contribution in [2.45, 2.75) is 45.0 Å². The molecule has 0 aromatic heterocycles. The van der Waals surface area contributed by atoms with Crippen LogP contribution in [0.3, 0.4) is 0 Å². The topological polar surface area (TPSA) is 49.7 Å². The quantitative estimate of drug-likeness (QED) is 0.802. The molecule has 0 bridgehead atoms. The summed E-state index contributed by atoms with van der Waals surface area (Å²) in [7, 11) is 0. The number of aliphatic hydroxyl groups is 2. The SMILES string of the molecule is CC(C)(O)CCC(O)COCc1ccccc1Cl. The van der Waals surface area contributed by atoms with E-state index in [4.69, 9.17) is 16.3 Å². The predicted octanol–water partition coefficient (Wildman–Crippen LogP) is 2.77. The van der Waals surface area contributed by atoms with E-state index in [-0.39, 0.29) is 6.61 Å². The van der Waals surface area contributed by atoms with E-state index in [2.05, 4.69) is 0 Å². The highest BCUT2D eigenvalue weighted by atomic mass is 35.5. The van der Waals surface area contributed by atoms with Crippen molar-refractivity contribution in [1.82, 2.24) is 0 Å². The molecule has 0 radical (unpaired) electrons. The summed E-state index contributed by atoms with van der Waals surface area (Å²) in [5.41, 5.74) is 0.165.